The zero-order valence-electron chi connectivity index (χ0n) is 24.1. The Hall–Kier alpha value is -4.78. The first-order valence-corrected chi connectivity index (χ1v) is 13.9. The standard InChI is InChI=1S/C30H34N4O9/c1-17-12-19-13-23(29(38)32-20-8-10-21(11-9-20)33(16-28(36)37)15-27(35)31-3)30(39)43-26(19)14-25(17)42-18(2)22-6-4-5-7-24(22)34(40)41/h4-7,12-14,18,20-21H,8-11,15-16H2,1-3H3,(H,31,35)(H,32,38)(H,36,37). The first kappa shape index (κ1) is 31.2. The van der Waals surface area contributed by atoms with E-state index in [1.807, 2.05) is 0 Å². The van der Waals surface area contributed by atoms with Crippen LogP contribution in [-0.2, 0) is 9.59 Å². The summed E-state index contributed by atoms with van der Waals surface area (Å²) >= 11 is 0. The van der Waals surface area contributed by atoms with E-state index >= 15 is 0 Å². The van der Waals surface area contributed by atoms with E-state index in [1.54, 1.807) is 43.0 Å². The number of rotatable bonds is 11. The largest absolute Gasteiger partial charge is 0.485 e. The minimum atomic E-state index is -1.02. The quantitative estimate of drug-likeness (QED) is 0.169. The lowest BCUT2D eigenvalue weighted by Gasteiger charge is -2.35. The van der Waals surface area contributed by atoms with Gasteiger partial charge in [-0.2, -0.15) is 0 Å². The van der Waals surface area contributed by atoms with E-state index in [9.17, 15) is 34.4 Å². The molecule has 4 rings (SSSR count). The van der Waals surface area contributed by atoms with Crippen molar-refractivity contribution in [1.82, 2.24) is 15.5 Å². The van der Waals surface area contributed by atoms with Crippen LogP contribution in [-0.4, -0.2) is 64.9 Å². The van der Waals surface area contributed by atoms with Gasteiger partial charge in [0, 0.05) is 36.7 Å². The minimum absolute atomic E-state index is 0.0279. The number of nitro benzene ring substituents is 1. The highest BCUT2D eigenvalue weighted by Crippen LogP contribution is 2.32. The Morgan fingerprint density at radius 2 is 1.84 bits per heavy atom. The predicted octanol–water partition coefficient (Wildman–Crippen LogP) is 3.32. The number of aliphatic carboxylic acids is 1. The molecule has 13 nitrogen and oxygen atoms in total. The lowest BCUT2D eigenvalue weighted by molar-refractivity contribution is -0.386. The molecule has 1 saturated carbocycles. The molecule has 3 N–H and O–H groups in total. The summed E-state index contributed by atoms with van der Waals surface area (Å²) < 4.78 is 11.5. The number of para-hydroxylation sites is 1. The number of carbonyl (C=O) groups is 3. The number of carboxylic acid groups (broad SMARTS) is 1. The first-order valence-electron chi connectivity index (χ1n) is 13.9. The fraction of sp³-hybridized carbons (Fsp3) is 0.400. The van der Waals surface area contributed by atoms with Gasteiger partial charge in [-0.3, -0.25) is 29.4 Å². The molecule has 1 aliphatic carbocycles. The molecular weight excluding hydrogens is 560 g/mol. The molecule has 1 aromatic heterocycles. The number of nitro groups is 1. The maximum Gasteiger partial charge on any atom is 0.349 e. The highest BCUT2D eigenvalue weighted by atomic mass is 16.6. The number of aryl methyl sites for hydroxylation is 1. The Morgan fingerprint density at radius 3 is 2.49 bits per heavy atom. The zero-order chi connectivity index (χ0) is 31.3. The monoisotopic (exact) mass is 594 g/mol. The summed E-state index contributed by atoms with van der Waals surface area (Å²) in [5.74, 6) is -1.49. The Bertz CT molecular complexity index is 1590. The van der Waals surface area contributed by atoms with Crippen molar-refractivity contribution in [3.63, 3.8) is 0 Å². The fourth-order valence-corrected chi connectivity index (χ4v) is 5.40. The molecule has 43 heavy (non-hydrogen) atoms. The number of nitrogens with zero attached hydrogens (tertiary/aromatic N) is 2. The second kappa shape index (κ2) is 13.5. The van der Waals surface area contributed by atoms with Crippen LogP contribution in [0, 0.1) is 17.0 Å². The van der Waals surface area contributed by atoms with Crippen molar-refractivity contribution in [3.05, 3.63) is 79.7 Å². The molecule has 3 aromatic rings. The van der Waals surface area contributed by atoms with E-state index in [0.29, 0.717) is 47.9 Å². The van der Waals surface area contributed by atoms with E-state index < -0.39 is 28.5 Å². The number of carbonyl (C=O) groups excluding carboxylic acids is 2. The lowest BCUT2D eigenvalue weighted by Crippen LogP contribution is -2.48. The van der Waals surface area contributed by atoms with Gasteiger partial charge in [0.1, 0.15) is 23.0 Å². The second-order valence-corrected chi connectivity index (χ2v) is 10.6. The van der Waals surface area contributed by atoms with Crippen molar-refractivity contribution in [3.8, 4) is 5.75 Å². The van der Waals surface area contributed by atoms with Gasteiger partial charge in [0.15, 0.2) is 0 Å². The molecule has 1 atom stereocenters. The summed E-state index contributed by atoms with van der Waals surface area (Å²) in [7, 11) is 1.49. The van der Waals surface area contributed by atoms with E-state index in [1.165, 1.54) is 25.2 Å². The second-order valence-electron chi connectivity index (χ2n) is 10.6. The number of nitrogens with one attached hydrogen (secondary N) is 2. The number of fused-ring (bicyclic) bond motifs is 1. The smallest absolute Gasteiger partial charge is 0.349 e. The van der Waals surface area contributed by atoms with Crippen LogP contribution in [0.3, 0.4) is 0 Å². The third-order valence-corrected chi connectivity index (χ3v) is 7.66. The number of likely N-dealkylation sites (N-methyl/N-ethyl adjacent to an activating group) is 1. The maximum atomic E-state index is 13.1. The summed E-state index contributed by atoms with van der Waals surface area (Å²) in [4.78, 5) is 61.6. The van der Waals surface area contributed by atoms with Crippen LogP contribution in [0.1, 0.15) is 60.2 Å². The van der Waals surface area contributed by atoms with Gasteiger partial charge in [-0.1, -0.05) is 12.1 Å². The van der Waals surface area contributed by atoms with Crippen molar-refractivity contribution in [2.24, 2.45) is 0 Å². The molecule has 0 aliphatic heterocycles. The number of carboxylic acids is 1. The Morgan fingerprint density at radius 1 is 1.14 bits per heavy atom. The molecule has 1 aliphatic rings. The number of hydrogen-bond acceptors (Lipinski definition) is 9. The molecule has 2 aromatic carbocycles. The van der Waals surface area contributed by atoms with Crippen molar-refractivity contribution >= 4 is 34.4 Å². The molecule has 0 radical (unpaired) electrons. The topological polar surface area (TPSA) is 181 Å². The molecule has 228 valence electrons. The van der Waals surface area contributed by atoms with E-state index in [2.05, 4.69) is 10.6 Å². The average Bonchev–Trinajstić information content (AvgIpc) is 2.97. The summed E-state index contributed by atoms with van der Waals surface area (Å²) in [6.45, 7) is 3.18. The molecule has 0 spiro atoms. The van der Waals surface area contributed by atoms with E-state index in [0.717, 1.165) is 0 Å². The molecular formula is C30H34N4O9. The number of hydrogen-bond donors (Lipinski definition) is 3. The molecule has 1 heterocycles. The third kappa shape index (κ3) is 7.55. The normalized spacial score (nSPS) is 17.3. The van der Waals surface area contributed by atoms with Gasteiger partial charge in [-0.05, 0) is 63.3 Å². The van der Waals surface area contributed by atoms with Crippen LogP contribution in [0.15, 0.2) is 51.7 Å². The van der Waals surface area contributed by atoms with Gasteiger partial charge in [-0.15, -0.1) is 0 Å². The van der Waals surface area contributed by atoms with Crippen LogP contribution in [0.4, 0.5) is 5.69 Å². The molecule has 0 saturated heterocycles. The van der Waals surface area contributed by atoms with Gasteiger partial charge < -0.3 is 24.9 Å². The van der Waals surface area contributed by atoms with Crippen LogP contribution in [0.5, 0.6) is 5.75 Å². The van der Waals surface area contributed by atoms with Crippen LogP contribution < -0.4 is 21.0 Å². The average molecular weight is 595 g/mol. The number of amides is 2. The molecule has 13 heteroatoms. The Kier molecular flexibility index (Phi) is 9.76. The molecule has 1 unspecified atom stereocenters. The summed E-state index contributed by atoms with van der Waals surface area (Å²) in [6, 6.07) is 10.6. The van der Waals surface area contributed by atoms with Gasteiger partial charge in [-0.25, -0.2) is 4.79 Å². The fourth-order valence-electron chi connectivity index (χ4n) is 5.40. The zero-order valence-corrected chi connectivity index (χ0v) is 24.1. The SMILES string of the molecule is CNC(=O)CN(CC(=O)O)C1CCC(NC(=O)c2cc3cc(C)c(OC(C)c4ccccc4[N+](=O)[O-])cc3oc2=O)CC1. The summed E-state index contributed by atoms with van der Waals surface area (Å²) in [6.07, 6.45) is 1.60. The van der Waals surface area contributed by atoms with Crippen LogP contribution in [0.25, 0.3) is 11.0 Å². The van der Waals surface area contributed by atoms with Gasteiger partial charge >= 0.3 is 11.6 Å². The third-order valence-electron chi connectivity index (χ3n) is 7.66. The molecule has 0 bridgehead atoms. The highest BCUT2D eigenvalue weighted by molar-refractivity contribution is 5.97. The van der Waals surface area contributed by atoms with Gasteiger partial charge in [0.2, 0.25) is 5.91 Å². The summed E-state index contributed by atoms with van der Waals surface area (Å²) in [5, 5.41) is 26.6. The first-order chi connectivity index (χ1) is 20.5. The summed E-state index contributed by atoms with van der Waals surface area (Å²) in [5.41, 5.74) is 0.244. The Balaban J connectivity index is 1.44. The van der Waals surface area contributed by atoms with Gasteiger partial charge in [0.25, 0.3) is 11.6 Å². The van der Waals surface area contributed by atoms with Crippen LogP contribution >= 0.6 is 0 Å². The van der Waals surface area contributed by atoms with Crippen molar-refractivity contribution in [2.45, 2.75) is 57.7 Å². The van der Waals surface area contributed by atoms with Crippen molar-refractivity contribution in [2.75, 3.05) is 20.1 Å². The lowest BCUT2D eigenvalue weighted by atomic mass is 9.90. The maximum absolute atomic E-state index is 13.1. The van der Waals surface area contributed by atoms with E-state index in [4.69, 9.17) is 9.15 Å². The predicted molar refractivity (Wildman–Crippen MR) is 156 cm³/mol. The number of ether oxygens (including phenoxy) is 1. The Labute approximate surface area is 247 Å². The molecule has 2 amide bonds. The molecule has 1 fully saturated rings. The van der Waals surface area contributed by atoms with Gasteiger partial charge in [0.05, 0.1) is 23.6 Å². The minimum Gasteiger partial charge on any atom is -0.485 e. The van der Waals surface area contributed by atoms with Crippen molar-refractivity contribution in [1.29, 1.82) is 0 Å². The highest BCUT2D eigenvalue weighted by Gasteiger charge is 2.30. The van der Waals surface area contributed by atoms with Crippen molar-refractivity contribution < 1.29 is 33.6 Å². The van der Waals surface area contributed by atoms with Crippen LogP contribution in [0.2, 0.25) is 0 Å². The van der Waals surface area contributed by atoms with E-state index in [-0.39, 0.29) is 47.9 Å². The number of benzene rings is 2.